The van der Waals surface area contributed by atoms with Crippen molar-refractivity contribution < 1.29 is 69.0 Å². The van der Waals surface area contributed by atoms with Crippen LogP contribution in [0, 0.1) is 0 Å². The Balaban J connectivity index is 1.71. The van der Waals surface area contributed by atoms with Gasteiger partial charge in [-0.2, -0.15) is 0 Å². The van der Waals surface area contributed by atoms with E-state index in [9.17, 15) is 40.5 Å². The quantitative estimate of drug-likeness (QED) is 0.0172. The smallest absolute Gasteiger partial charge is 0.306 e. The third-order valence-corrected chi connectivity index (χ3v) is 13.8. The number of allylic oxidation sites excluding steroid dienone is 16. The molecule has 0 spiro atoms. The number of carbonyl (C=O) groups excluding carboxylic acids is 1. The topological polar surface area (TPSA) is 214 Å². The Hall–Kier alpha value is -3.09. The molecule has 0 aromatic rings. The molecule has 2 saturated heterocycles. The molecule has 0 aliphatic carbocycles. The largest absolute Gasteiger partial charge is 0.457 e. The monoisotopic (exact) mass is 1100 g/mol. The number of hydrogen-bond acceptors (Lipinski definition) is 14. The maximum Gasteiger partial charge on any atom is 0.306 e. The van der Waals surface area contributed by atoms with Crippen molar-refractivity contribution in [2.75, 3.05) is 33.0 Å². The number of aliphatic hydroxyl groups is 7. The van der Waals surface area contributed by atoms with Crippen LogP contribution < -0.4 is 0 Å². The first-order valence-corrected chi connectivity index (χ1v) is 30.3. The number of carbonyl (C=O) groups is 1. The molecule has 11 unspecified atom stereocenters. The zero-order valence-electron chi connectivity index (χ0n) is 48.1. The van der Waals surface area contributed by atoms with E-state index in [1.54, 1.807) is 0 Å². The van der Waals surface area contributed by atoms with Crippen molar-refractivity contribution in [3.05, 3.63) is 97.2 Å². The number of aliphatic hydroxyl groups excluding tert-OH is 7. The third-order valence-electron chi connectivity index (χ3n) is 13.8. The fourth-order valence-electron chi connectivity index (χ4n) is 8.97. The molecule has 2 fully saturated rings. The highest BCUT2D eigenvalue weighted by Gasteiger charge is 2.47. The van der Waals surface area contributed by atoms with E-state index in [4.69, 9.17) is 28.4 Å². The van der Waals surface area contributed by atoms with Gasteiger partial charge in [0.15, 0.2) is 12.6 Å². The highest BCUT2D eigenvalue weighted by atomic mass is 16.7. The molecule has 0 radical (unpaired) electrons. The average molecular weight is 1100 g/mol. The molecule has 7 N–H and O–H groups in total. The fourth-order valence-corrected chi connectivity index (χ4v) is 8.97. The second-order valence-corrected chi connectivity index (χ2v) is 20.8. The summed E-state index contributed by atoms with van der Waals surface area (Å²) < 4.78 is 34.4. The minimum atomic E-state index is -1.72. The first kappa shape index (κ1) is 71.0. The van der Waals surface area contributed by atoms with Crippen LogP contribution >= 0.6 is 0 Å². The second kappa shape index (κ2) is 49.7. The number of rotatable bonds is 48. The van der Waals surface area contributed by atoms with Crippen LogP contribution in [0.1, 0.15) is 200 Å². The van der Waals surface area contributed by atoms with Crippen molar-refractivity contribution in [1.29, 1.82) is 0 Å². The summed E-state index contributed by atoms with van der Waals surface area (Å²) in [5.41, 5.74) is 0. The summed E-state index contributed by atoms with van der Waals surface area (Å²) in [5, 5.41) is 72.4. The van der Waals surface area contributed by atoms with Crippen LogP contribution in [0.2, 0.25) is 0 Å². The van der Waals surface area contributed by atoms with Crippen molar-refractivity contribution in [3.63, 3.8) is 0 Å². The van der Waals surface area contributed by atoms with Gasteiger partial charge in [0.05, 0.1) is 26.4 Å². The molecular weight excluding hydrogens is 993 g/mol. The minimum Gasteiger partial charge on any atom is -0.457 e. The van der Waals surface area contributed by atoms with Gasteiger partial charge in [-0.25, -0.2) is 0 Å². The van der Waals surface area contributed by atoms with Crippen molar-refractivity contribution in [2.45, 2.75) is 268 Å². The van der Waals surface area contributed by atoms with Crippen molar-refractivity contribution in [3.8, 4) is 0 Å². The van der Waals surface area contributed by atoms with Crippen LogP contribution in [0.25, 0.3) is 0 Å². The standard InChI is InChI=1S/C64H108O14/c1-3-5-7-9-11-13-15-17-19-21-23-24-25-26-27-28-29-30-32-34-36-38-40-42-44-46-48-73-50-53(76-56(66)47-45-43-41-39-37-35-33-31-22-20-18-16-14-12-10-8-6-4-2)51-74-63-62(72)60(70)58(68)55(78-63)52-75-64-61(71)59(69)57(67)54(49-65)77-64/h5,7,11,13-14,16-17,19-20,22-24,26-27,29-30,53-55,57-65,67-72H,3-4,6,8-10,12,15,18,21,25,28,31-52H2,1-2H3/b7-5-,13-11-,16-14-,19-17-,22-20-,24-23-,27-26-,30-29-. The lowest BCUT2D eigenvalue weighted by Gasteiger charge is -2.42. The molecule has 0 bridgehead atoms. The van der Waals surface area contributed by atoms with Gasteiger partial charge < -0.3 is 64.2 Å². The molecule has 2 aliphatic rings. The summed E-state index contributed by atoms with van der Waals surface area (Å²) in [6.45, 7) is 3.51. The summed E-state index contributed by atoms with van der Waals surface area (Å²) in [7, 11) is 0. The second-order valence-electron chi connectivity index (χ2n) is 20.8. The van der Waals surface area contributed by atoms with Crippen molar-refractivity contribution >= 4 is 5.97 Å². The van der Waals surface area contributed by atoms with Crippen LogP contribution in [0.5, 0.6) is 0 Å². The van der Waals surface area contributed by atoms with Gasteiger partial charge in [-0.1, -0.05) is 195 Å². The predicted octanol–water partition coefficient (Wildman–Crippen LogP) is 11.4. The van der Waals surface area contributed by atoms with Gasteiger partial charge >= 0.3 is 5.97 Å². The van der Waals surface area contributed by atoms with Gasteiger partial charge in [-0.15, -0.1) is 0 Å². The van der Waals surface area contributed by atoms with Gasteiger partial charge in [0.1, 0.15) is 54.9 Å². The van der Waals surface area contributed by atoms with E-state index in [1.165, 1.54) is 70.6 Å². The Kier molecular flexibility index (Phi) is 45.3. The number of hydrogen-bond donors (Lipinski definition) is 7. The van der Waals surface area contributed by atoms with E-state index in [-0.39, 0.29) is 19.6 Å². The summed E-state index contributed by atoms with van der Waals surface area (Å²) in [4.78, 5) is 13.1. The van der Waals surface area contributed by atoms with Crippen LogP contribution in [0.3, 0.4) is 0 Å². The van der Waals surface area contributed by atoms with E-state index in [0.717, 1.165) is 103 Å². The maximum atomic E-state index is 13.1. The maximum absolute atomic E-state index is 13.1. The minimum absolute atomic E-state index is 0.0446. The molecule has 78 heavy (non-hydrogen) atoms. The molecule has 14 heteroatoms. The SMILES string of the molecule is CC/C=C\C/C=C\C/C=C\C/C=C\C/C=C\C/C=C\CCCCCCCCCOCC(COC1OC(COC2OC(CO)C(O)C(O)C2O)C(O)C(O)C1O)OC(=O)CCCCCCCCC/C=C\C/C=C\CCCCCC. The van der Waals surface area contributed by atoms with Gasteiger partial charge in [0.25, 0.3) is 0 Å². The van der Waals surface area contributed by atoms with Crippen LogP contribution in [-0.2, 0) is 33.2 Å². The first-order chi connectivity index (χ1) is 38.1. The summed E-state index contributed by atoms with van der Waals surface area (Å²) in [6.07, 6.45) is 50.3. The third kappa shape index (κ3) is 35.6. The molecule has 0 amide bonds. The molecule has 2 heterocycles. The Bertz CT molecular complexity index is 1660. The Labute approximate surface area is 471 Å². The predicted molar refractivity (Wildman–Crippen MR) is 311 cm³/mol. The van der Waals surface area contributed by atoms with Gasteiger partial charge in [-0.05, 0) is 96.3 Å². The Morgan fingerprint density at radius 2 is 0.833 bits per heavy atom. The molecular formula is C64H108O14. The number of esters is 1. The number of unbranched alkanes of at least 4 members (excludes halogenated alkanes) is 18. The Morgan fingerprint density at radius 1 is 0.436 bits per heavy atom. The summed E-state index contributed by atoms with van der Waals surface area (Å²) in [6, 6.07) is 0. The fraction of sp³-hybridized carbons (Fsp3) is 0.734. The van der Waals surface area contributed by atoms with Crippen LogP contribution in [0.4, 0.5) is 0 Å². The lowest BCUT2D eigenvalue weighted by Crippen LogP contribution is -2.61. The summed E-state index contributed by atoms with van der Waals surface area (Å²) >= 11 is 0. The normalized spacial score (nSPS) is 24.8. The average Bonchev–Trinajstić information content (AvgIpc) is 3.45. The highest BCUT2D eigenvalue weighted by molar-refractivity contribution is 5.69. The van der Waals surface area contributed by atoms with Gasteiger partial charge in [0.2, 0.25) is 0 Å². The first-order valence-electron chi connectivity index (χ1n) is 30.3. The van der Waals surface area contributed by atoms with E-state index >= 15 is 0 Å². The van der Waals surface area contributed by atoms with Crippen molar-refractivity contribution in [2.24, 2.45) is 0 Å². The van der Waals surface area contributed by atoms with Crippen molar-refractivity contribution in [1.82, 2.24) is 0 Å². The molecule has 14 nitrogen and oxygen atoms in total. The van der Waals surface area contributed by atoms with E-state index < -0.39 is 86.7 Å². The van der Waals surface area contributed by atoms with E-state index in [0.29, 0.717) is 13.0 Å². The zero-order chi connectivity index (χ0) is 56.5. The highest BCUT2D eigenvalue weighted by Crippen LogP contribution is 2.26. The molecule has 0 saturated carbocycles. The van der Waals surface area contributed by atoms with E-state index in [1.807, 2.05) is 0 Å². The van der Waals surface area contributed by atoms with Gasteiger partial charge in [0, 0.05) is 13.0 Å². The zero-order valence-corrected chi connectivity index (χ0v) is 48.1. The molecule has 11 atom stereocenters. The van der Waals surface area contributed by atoms with Crippen LogP contribution in [0.15, 0.2) is 97.2 Å². The van der Waals surface area contributed by atoms with E-state index in [2.05, 4.69) is 111 Å². The van der Waals surface area contributed by atoms with Gasteiger partial charge in [-0.3, -0.25) is 4.79 Å². The lowest BCUT2D eigenvalue weighted by molar-refractivity contribution is -0.332. The van der Waals surface area contributed by atoms with Crippen LogP contribution in [-0.4, -0.2) is 142 Å². The summed E-state index contributed by atoms with van der Waals surface area (Å²) in [5.74, 6) is -0.391. The Morgan fingerprint density at radius 3 is 1.31 bits per heavy atom. The molecule has 0 aromatic heterocycles. The number of ether oxygens (including phenoxy) is 6. The molecule has 2 aliphatic heterocycles. The molecule has 0 aromatic carbocycles. The molecule has 448 valence electrons. The lowest BCUT2D eigenvalue weighted by atomic mass is 9.98. The molecule has 2 rings (SSSR count).